The fourth-order valence-corrected chi connectivity index (χ4v) is 2.31. The molecule has 19 heavy (non-hydrogen) atoms. The van der Waals surface area contributed by atoms with E-state index in [1.807, 2.05) is 11.5 Å². The minimum atomic E-state index is -0.844. The van der Waals surface area contributed by atoms with E-state index in [4.69, 9.17) is 9.84 Å². The molecule has 0 bridgehead atoms. The molecule has 0 aliphatic carbocycles. The molecular weight excluding hydrogens is 266 g/mol. The summed E-state index contributed by atoms with van der Waals surface area (Å²) in [4.78, 5) is 10.6. The molecule has 0 aromatic carbocycles. The second-order valence-corrected chi connectivity index (χ2v) is 4.99. The second-order valence-electron chi connectivity index (χ2n) is 4.05. The van der Waals surface area contributed by atoms with Gasteiger partial charge in [0.1, 0.15) is 5.82 Å². The van der Waals surface area contributed by atoms with Crippen molar-refractivity contribution in [2.45, 2.75) is 44.8 Å². The Labute approximate surface area is 117 Å². The number of aromatic nitrogens is 3. The van der Waals surface area contributed by atoms with Gasteiger partial charge in [-0.2, -0.15) is 0 Å². The Kier molecular flexibility index (Phi) is 7.50. The smallest absolute Gasteiger partial charge is 0.313 e. The maximum atomic E-state index is 10.6. The van der Waals surface area contributed by atoms with Gasteiger partial charge in [0, 0.05) is 26.2 Å². The van der Waals surface area contributed by atoms with Crippen LogP contribution in [-0.2, 0) is 22.5 Å². The third kappa shape index (κ3) is 5.61. The van der Waals surface area contributed by atoms with Crippen molar-refractivity contribution in [3.8, 4) is 0 Å². The molecule has 108 valence electrons. The van der Waals surface area contributed by atoms with Gasteiger partial charge < -0.3 is 14.4 Å². The standard InChI is InChI=1S/C12H21N3O3S/c1-3-7-18-8-5-6-15-10(4-2)13-14-12(15)19-9-11(16)17/h3-9H2,1-2H3,(H,16,17). The number of ether oxygens (including phenoxy) is 1. The third-order valence-electron chi connectivity index (χ3n) is 2.45. The number of aliphatic carboxylic acids is 1. The third-order valence-corrected chi connectivity index (χ3v) is 3.40. The first-order valence-electron chi connectivity index (χ1n) is 6.53. The Balaban J connectivity index is 2.52. The van der Waals surface area contributed by atoms with Crippen LogP contribution in [0.4, 0.5) is 0 Å². The van der Waals surface area contributed by atoms with Crippen LogP contribution in [0.3, 0.4) is 0 Å². The van der Waals surface area contributed by atoms with Gasteiger partial charge in [-0.1, -0.05) is 25.6 Å². The topological polar surface area (TPSA) is 77.2 Å². The molecule has 0 atom stereocenters. The van der Waals surface area contributed by atoms with E-state index >= 15 is 0 Å². The van der Waals surface area contributed by atoms with Crippen LogP contribution < -0.4 is 0 Å². The summed E-state index contributed by atoms with van der Waals surface area (Å²) in [5, 5.41) is 17.5. The first kappa shape index (κ1) is 16.0. The molecule has 6 nitrogen and oxygen atoms in total. The number of carboxylic acids is 1. The van der Waals surface area contributed by atoms with Crippen LogP contribution in [0.1, 0.15) is 32.5 Å². The summed E-state index contributed by atoms with van der Waals surface area (Å²) in [6.45, 7) is 6.35. The Morgan fingerprint density at radius 2 is 2.16 bits per heavy atom. The average molecular weight is 287 g/mol. The summed E-state index contributed by atoms with van der Waals surface area (Å²) in [5.74, 6) is 0.0565. The lowest BCUT2D eigenvalue weighted by molar-refractivity contribution is -0.133. The number of thioether (sulfide) groups is 1. The van der Waals surface area contributed by atoms with E-state index in [9.17, 15) is 4.79 Å². The molecule has 0 saturated carbocycles. The van der Waals surface area contributed by atoms with E-state index in [2.05, 4.69) is 17.1 Å². The number of carbonyl (C=O) groups is 1. The zero-order chi connectivity index (χ0) is 14.1. The van der Waals surface area contributed by atoms with Crippen molar-refractivity contribution in [2.24, 2.45) is 0 Å². The highest BCUT2D eigenvalue weighted by molar-refractivity contribution is 7.99. The monoisotopic (exact) mass is 287 g/mol. The van der Waals surface area contributed by atoms with Crippen LogP contribution in [0.2, 0.25) is 0 Å². The van der Waals surface area contributed by atoms with Crippen molar-refractivity contribution in [3.05, 3.63) is 5.82 Å². The van der Waals surface area contributed by atoms with Crippen LogP contribution in [0.25, 0.3) is 0 Å². The molecule has 0 amide bonds. The van der Waals surface area contributed by atoms with Crippen LogP contribution in [0.5, 0.6) is 0 Å². The van der Waals surface area contributed by atoms with Crippen molar-refractivity contribution < 1.29 is 14.6 Å². The molecular formula is C12H21N3O3S. The maximum absolute atomic E-state index is 10.6. The first-order valence-corrected chi connectivity index (χ1v) is 7.52. The molecule has 0 fully saturated rings. The normalized spacial score (nSPS) is 10.8. The van der Waals surface area contributed by atoms with Crippen molar-refractivity contribution in [1.29, 1.82) is 0 Å². The summed E-state index contributed by atoms with van der Waals surface area (Å²) in [6, 6.07) is 0. The SMILES string of the molecule is CCCOCCCn1c(CC)nnc1SCC(=O)O. The number of nitrogens with zero attached hydrogens (tertiary/aromatic N) is 3. The van der Waals surface area contributed by atoms with Crippen molar-refractivity contribution in [2.75, 3.05) is 19.0 Å². The molecule has 0 aliphatic rings. The Hall–Kier alpha value is -1.08. The number of aryl methyl sites for hydroxylation is 1. The fraction of sp³-hybridized carbons (Fsp3) is 0.750. The summed E-state index contributed by atoms with van der Waals surface area (Å²) >= 11 is 1.21. The van der Waals surface area contributed by atoms with Crippen LogP contribution in [0, 0.1) is 0 Å². The molecule has 0 unspecified atom stereocenters. The number of hydrogen-bond donors (Lipinski definition) is 1. The van der Waals surface area contributed by atoms with E-state index in [1.165, 1.54) is 11.8 Å². The predicted octanol–water partition coefficient (Wildman–Crippen LogP) is 1.83. The number of carboxylic acid groups (broad SMARTS) is 1. The van der Waals surface area contributed by atoms with E-state index in [-0.39, 0.29) is 5.75 Å². The highest BCUT2D eigenvalue weighted by Crippen LogP contribution is 2.17. The highest BCUT2D eigenvalue weighted by Gasteiger charge is 2.12. The van der Waals surface area contributed by atoms with Crippen molar-refractivity contribution in [3.63, 3.8) is 0 Å². The van der Waals surface area contributed by atoms with Gasteiger partial charge in [-0.15, -0.1) is 10.2 Å². The maximum Gasteiger partial charge on any atom is 0.313 e. The molecule has 7 heteroatoms. The minimum Gasteiger partial charge on any atom is -0.481 e. The lowest BCUT2D eigenvalue weighted by Crippen LogP contribution is -2.09. The van der Waals surface area contributed by atoms with Gasteiger partial charge in [0.2, 0.25) is 0 Å². The molecule has 1 rings (SSSR count). The summed E-state index contributed by atoms with van der Waals surface area (Å²) in [7, 11) is 0. The van der Waals surface area contributed by atoms with Crippen molar-refractivity contribution in [1.82, 2.24) is 14.8 Å². The highest BCUT2D eigenvalue weighted by atomic mass is 32.2. The largest absolute Gasteiger partial charge is 0.481 e. The summed E-state index contributed by atoms with van der Waals surface area (Å²) < 4.78 is 7.43. The Bertz CT molecular complexity index is 396. The van der Waals surface area contributed by atoms with Gasteiger partial charge in [0.15, 0.2) is 5.16 Å². The van der Waals surface area contributed by atoms with Gasteiger partial charge in [0.05, 0.1) is 5.75 Å². The second kappa shape index (κ2) is 8.92. The Morgan fingerprint density at radius 3 is 2.79 bits per heavy atom. The molecule has 1 aromatic rings. The summed E-state index contributed by atoms with van der Waals surface area (Å²) in [5.41, 5.74) is 0. The Morgan fingerprint density at radius 1 is 1.37 bits per heavy atom. The van der Waals surface area contributed by atoms with Gasteiger partial charge in [-0.3, -0.25) is 4.79 Å². The molecule has 1 heterocycles. The molecule has 1 N–H and O–H groups in total. The van der Waals surface area contributed by atoms with Gasteiger partial charge >= 0.3 is 5.97 Å². The lowest BCUT2D eigenvalue weighted by atomic mass is 10.4. The first-order chi connectivity index (χ1) is 9.19. The minimum absolute atomic E-state index is 0.00812. The average Bonchev–Trinajstić information content (AvgIpc) is 2.78. The van der Waals surface area contributed by atoms with Crippen molar-refractivity contribution >= 4 is 17.7 Å². The summed E-state index contributed by atoms with van der Waals surface area (Å²) in [6.07, 6.45) is 2.69. The molecule has 1 aromatic heterocycles. The van der Waals surface area contributed by atoms with Gasteiger partial charge in [-0.25, -0.2) is 0 Å². The zero-order valence-electron chi connectivity index (χ0n) is 11.5. The lowest BCUT2D eigenvalue weighted by Gasteiger charge is -2.08. The quantitative estimate of drug-likeness (QED) is 0.522. The number of rotatable bonds is 10. The zero-order valence-corrected chi connectivity index (χ0v) is 12.3. The van der Waals surface area contributed by atoms with Crippen LogP contribution >= 0.6 is 11.8 Å². The van der Waals surface area contributed by atoms with E-state index in [0.29, 0.717) is 11.8 Å². The molecule has 0 saturated heterocycles. The number of hydrogen-bond acceptors (Lipinski definition) is 5. The molecule has 0 radical (unpaired) electrons. The molecule has 0 aliphatic heterocycles. The van der Waals surface area contributed by atoms with Crippen LogP contribution in [0.15, 0.2) is 5.16 Å². The van der Waals surface area contributed by atoms with Gasteiger partial charge in [0.25, 0.3) is 0 Å². The van der Waals surface area contributed by atoms with E-state index in [1.54, 1.807) is 0 Å². The van der Waals surface area contributed by atoms with Crippen LogP contribution in [-0.4, -0.2) is 44.8 Å². The van der Waals surface area contributed by atoms with E-state index in [0.717, 1.165) is 38.2 Å². The fourth-order valence-electron chi connectivity index (χ4n) is 1.61. The predicted molar refractivity (Wildman–Crippen MR) is 73.5 cm³/mol. The molecule has 0 spiro atoms. The van der Waals surface area contributed by atoms with E-state index < -0.39 is 5.97 Å². The van der Waals surface area contributed by atoms with Gasteiger partial charge in [-0.05, 0) is 12.8 Å².